The van der Waals surface area contributed by atoms with Crippen LogP contribution in [-0.4, -0.2) is 29.9 Å². The summed E-state index contributed by atoms with van der Waals surface area (Å²) in [6.45, 7) is 23.2. The molecule has 3 aromatic heterocycles. The second-order valence-corrected chi connectivity index (χ2v) is 41.0. The number of anilines is 12. The van der Waals surface area contributed by atoms with E-state index in [4.69, 9.17) is 49.6 Å². The van der Waals surface area contributed by atoms with Crippen LogP contribution >= 0.6 is 23.5 Å². The summed E-state index contributed by atoms with van der Waals surface area (Å²) in [6, 6.07) is 159. The molecule has 694 valence electrons. The molecule has 18 heteroatoms. The summed E-state index contributed by atoms with van der Waals surface area (Å²) in [5.74, 6) is 0.0838. The molecule has 3 heterocycles. The largest absolute Gasteiger partial charge is 0.358 e. The van der Waals surface area contributed by atoms with E-state index in [9.17, 15) is 15.8 Å². The standard InChI is InChI=1S/C49H30N6.C45H28N6.C37H20N4S2/c1-51-42-29-44-43(26-31(42)30-50)52-47-45-38-24-22-37(55(34-18-10-4-11-19-34)35-20-12-5-13-21-35)28-41(38)49(45)40-25-23-36(27-39(40)46(49)48(47)53-44)54(32-14-6-2-7-15-32)33-16-8-3-9-17-33;1-47-44-39(28-46)48-42-40-35-24-22-34(51(31-18-10-4-11-19-31)32-20-12-5-13-21-32)27-38(35)45(40)37-25-23-33(26-36(37)41(45)43(42)49-44)50(29-14-6-2-7-15-29)30-16-8-3-9-17-30;1-39-30-19-32-31(16-21(30)20-38)40-35-33-26-14-12-25(43-23-10-6-3-7-11-23)18-29(26)37(33)28-15-13-24(42-22-8-4-2-5-9-22)17-27(28)34(37)36(35)41-32/h2-29,45-46H;2-27,40-41H;2-19,33-34H. The fraction of sp³-hybridized carbons (Fsp3) is 0.0687. The van der Waals surface area contributed by atoms with Gasteiger partial charge in [0.05, 0.1) is 92.9 Å². The third-order valence-corrected chi connectivity index (χ3v) is 33.5. The smallest absolute Gasteiger partial charge is 0.306 e. The van der Waals surface area contributed by atoms with Crippen molar-refractivity contribution in [1.29, 1.82) is 15.8 Å². The van der Waals surface area contributed by atoms with Crippen LogP contribution in [-0.2, 0) is 16.2 Å². The van der Waals surface area contributed by atoms with E-state index in [1.165, 1.54) is 86.3 Å². The van der Waals surface area contributed by atoms with Crippen LogP contribution in [0.4, 0.5) is 85.4 Å². The molecule has 3 spiro atoms. The predicted octanol–water partition coefficient (Wildman–Crippen LogP) is 31.9. The van der Waals surface area contributed by atoms with Crippen molar-refractivity contribution >= 4 is 131 Å². The van der Waals surface area contributed by atoms with E-state index in [-0.39, 0.29) is 57.8 Å². The van der Waals surface area contributed by atoms with Crippen LogP contribution in [0.2, 0.25) is 0 Å². The van der Waals surface area contributed by atoms with E-state index >= 15 is 0 Å². The van der Waals surface area contributed by atoms with E-state index in [2.05, 4.69) is 416 Å². The van der Waals surface area contributed by atoms with E-state index < -0.39 is 5.41 Å². The van der Waals surface area contributed by atoms with Gasteiger partial charge >= 0.3 is 5.82 Å². The number of nitriles is 3. The number of hydrogen-bond acceptors (Lipinski definition) is 15. The molecule has 0 fully saturated rings. The fourth-order valence-electron chi connectivity index (χ4n) is 25.7. The highest BCUT2D eigenvalue weighted by molar-refractivity contribution is 7.99. The number of nitrogens with zero attached hydrogens (tertiary/aromatic N) is 16. The Kier molecular flexibility index (Phi) is 20.2. The molecule has 0 bridgehead atoms. The van der Waals surface area contributed by atoms with Gasteiger partial charge < -0.3 is 24.4 Å². The zero-order chi connectivity index (χ0) is 99.5. The van der Waals surface area contributed by atoms with Crippen molar-refractivity contribution in [3.63, 3.8) is 0 Å². The normalized spacial score (nSPS) is 18.6. The van der Waals surface area contributed by atoms with Gasteiger partial charge in [0.1, 0.15) is 6.07 Å². The van der Waals surface area contributed by atoms with Crippen molar-refractivity contribution in [2.24, 2.45) is 0 Å². The molecule has 18 aromatic carbocycles. The molecule has 30 rings (SSSR count). The Morgan fingerprint density at radius 1 is 0.221 bits per heavy atom. The summed E-state index contributed by atoms with van der Waals surface area (Å²) in [6.07, 6.45) is 0. The van der Waals surface area contributed by atoms with Crippen molar-refractivity contribution in [3.05, 3.63) is 589 Å². The van der Waals surface area contributed by atoms with Crippen molar-refractivity contribution in [1.82, 2.24) is 29.9 Å². The quantitative estimate of drug-likeness (QED) is 0.0835. The average molecular weight is 1940 g/mol. The van der Waals surface area contributed by atoms with Crippen molar-refractivity contribution in [2.75, 3.05) is 19.6 Å². The highest BCUT2D eigenvalue weighted by Crippen LogP contribution is 2.81. The molecule has 0 aliphatic heterocycles. The minimum absolute atomic E-state index is 0.0131. The monoisotopic (exact) mass is 1940 g/mol. The van der Waals surface area contributed by atoms with Gasteiger partial charge in [-0.2, -0.15) is 15.8 Å². The Balaban J connectivity index is 0.000000108. The Bertz CT molecular complexity index is 9290. The second-order valence-electron chi connectivity index (χ2n) is 38.7. The van der Waals surface area contributed by atoms with Gasteiger partial charge in [-0.3, -0.25) is 0 Å². The van der Waals surface area contributed by atoms with Crippen LogP contribution in [0.3, 0.4) is 0 Å². The van der Waals surface area contributed by atoms with E-state index in [0.717, 1.165) is 102 Å². The van der Waals surface area contributed by atoms with Crippen LogP contribution in [0.15, 0.2) is 456 Å². The highest BCUT2D eigenvalue weighted by atomic mass is 32.2. The Morgan fingerprint density at radius 3 is 0.805 bits per heavy atom. The summed E-state index contributed by atoms with van der Waals surface area (Å²) in [5.41, 5.74) is 36.8. The van der Waals surface area contributed by atoms with E-state index in [1.54, 1.807) is 47.8 Å². The Morgan fingerprint density at radius 2 is 0.483 bits per heavy atom. The molecule has 9 atom stereocenters. The fourth-order valence-corrected chi connectivity index (χ4v) is 27.5. The number of rotatable bonds is 16. The molecule has 9 unspecified atom stereocenters. The maximum Gasteiger partial charge on any atom is 0.306 e. The first-order valence-electron chi connectivity index (χ1n) is 49.5. The first kappa shape index (κ1) is 87.4. The number of hydrogen-bond donors (Lipinski definition) is 0. The molecule has 16 nitrogen and oxygen atoms in total. The summed E-state index contributed by atoms with van der Waals surface area (Å²) in [5, 5.41) is 29.5. The van der Waals surface area contributed by atoms with Gasteiger partial charge in [-0.05, 0) is 285 Å². The zero-order valence-corrected chi connectivity index (χ0v) is 81.1. The molecular formula is C131H78N16S2. The Labute approximate surface area is 868 Å². The van der Waals surface area contributed by atoms with Crippen molar-refractivity contribution < 1.29 is 0 Å². The highest BCUT2D eigenvalue weighted by Gasteiger charge is 2.75. The first-order chi connectivity index (χ1) is 73.6. The van der Waals surface area contributed by atoms with Crippen LogP contribution < -0.4 is 19.6 Å². The van der Waals surface area contributed by atoms with Crippen LogP contribution in [0.5, 0.6) is 0 Å². The number of para-hydroxylation sites is 8. The lowest BCUT2D eigenvalue weighted by Gasteiger charge is -2.58. The van der Waals surface area contributed by atoms with Crippen molar-refractivity contribution in [3.8, 4) is 18.2 Å². The van der Waals surface area contributed by atoms with Crippen LogP contribution in [0.25, 0.3) is 36.6 Å². The minimum Gasteiger partial charge on any atom is -0.358 e. The lowest BCUT2D eigenvalue weighted by molar-refractivity contribution is 0.327. The van der Waals surface area contributed by atoms with Crippen LogP contribution in [0, 0.1) is 53.7 Å². The average Bonchev–Trinajstić information content (AvgIpc) is 1.48. The Hall–Kier alpha value is -19.4. The summed E-state index contributed by atoms with van der Waals surface area (Å²) in [7, 11) is 0. The summed E-state index contributed by atoms with van der Waals surface area (Å²) in [4.78, 5) is 55.8. The summed E-state index contributed by atoms with van der Waals surface area (Å²) < 4.78 is 0. The van der Waals surface area contributed by atoms with Gasteiger partial charge in [-0.25, -0.2) is 34.6 Å². The van der Waals surface area contributed by atoms with E-state index in [0.29, 0.717) is 44.6 Å². The minimum atomic E-state index is -0.391. The molecule has 0 radical (unpaired) electrons. The topological polar surface area (TPSA) is 175 Å². The molecule has 0 saturated carbocycles. The van der Waals surface area contributed by atoms with Crippen LogP contribution in [0.1, 0.15) is 153 Å². The number of fused-ring (bicyclic) bond motifs is 23. The van der Waals surface area contributed by atoms with Gasteiger partial charge in [0.2, 0.25) is 11.4 Å². The number of benzene rings is 18. The molecule has 0 N–H and O–H groups in total. The zero-order valence-electron chi connectivity index (χ0n) is 79.5. The lowest BCUT2D eigenvalue weighted by Crippen LogP contribution is -2.52. The number of aromatic nitrogens is 6. The molecule has 9 aliphatic carbocycles. The van der Waals surface area contributed by atoms with Gasteiger partial charge in [0, 0.05) is 134 Å². The van der Waals surface area contributed by atoms with Gasteiger partial charge in [0.15, 0.2) is 11.4 Å². The molecule has 149 heavy (non-hydrogen) atoms. The third kappa shape index (κ3) is 13.0. The second kappa shape index (κ2) is 34.4. The predicted molar refractivity (Wildman–Crippen MR) is 586 cm³/mol. The molecule has 9 aliphatic rings. The van der Waals surface area contributed by atoms with Gasteiger partial charge in [0.25, 0.3) is 0 Å². The van der Waals surface area contributed by atoms with Gasteiger partial charge in [-0.15, -0.1) is 4.98 Å². The third-order valence-electron chi connectivity index (χ3n) is 31.5. The molecule has 0 saturated heterocycles. The van der Waals surface area contributed by atoms with E-state index in [1.807, 2.05) is 48.5 Å². The molecule has 21 aromatic rings. The maximum absolute atomic E-state index is 9.99. The lowest BCUT2D eigenvalue weighted by atomic mass is 9.43. The van der Waals surface area contributed by atoms with Crippen molar-refractivity contribution in [2.45, 2.75) is 71.3 Å². The SMILES string of the molecule is [C-]#[N+]c1cc2nc3c(nc2cc1C#N)C1c2ccc(N(c4ccccc4)c4ccccc4)cc2C12c1ccc(N(c4ccccc4)c4ccccc4)cc1C32.[C-]#[N+]c1cc2nc3c(nc2cc1C#N)C1c2ccc(Sc4ccccc4)cc2C12c1ccc(Sc4ccccc4)cc1C32.[C-]#[N+]c1nc2c(nc1C#N)C1c3ccc(N(c4ccccc4)c4ccccc4)cc3C13c1ccc(N(c4ccccc4)c4ccccc4)cc1C23. The first-order valence-corrected chi connectivity index (χ1v) is 51.1. The maximum atomic E-state index is 9.99. The van der Waals surface area contributed by atoms with Gasteiger partial charge in [-0.1, -0.05) is 248 Å². The summed E-state index contributed by atoms with van der Waals surface area (Å²) >= 11 is 3.56. The molecule has 0 amide bonds. The molecular weight excluding hydrogens is 1860 g/mol.